The van der Waals surface area contributed by atoms with Gasteiger partial charge >= 0.3 is 11.9 Å². The third-order valence-corrected chi connectivity index (χ3v) is 12.3. The van der Waals surface area contributed by atoms with Crippen molar-refractivity contribution in [2.24, 2.45) is 0 Å². The molecule has 4 rings (SSSR count). The van der Waals surface area contributed by atoms with E-state index in [0.29, 0.717) is 43.5 Å². The number of esters is 2. The summed E-state index contributed by atoms with van der Waals surface area (Å²) in [7, 11) is -5.15. The zero-order valence-electron chi connectivity index (χ0n) is 29.6. The molecule has 0 aliphatic heterocycles. The number of benzene rings is 4. The molecule has 0 bridgehead atoms. The minimum absolute atomic E-state index is 0.174. The summed E-state index contributed by atoms with van der Waals surface area (Å²) in [4.78, 5) is 23.6. The second kappa shape index (κ2) is 18.0. The van der Waals surface area contributed by atoms with Crippen molar-refractivity contribution < 1.29 is 35.9 Å². The Morgan fingerprint density at radius 2 is 0.843 bits per heavy atom. The Morgan fingerprint density at radius 3 is 1.16 bits per heavy atom. The van der Waals surface area contributed by atoms with Gasteiger partial charge in [-0.2, -0.15) is 0 Å². The fourth-order valence-electron chi connectivity index (χ4n) is 5.49. The van der Waals surface area contributed by atoms with Gasteiger partial charge in [-0.15, -0.1) is 0 Å². The number of carbonyl (C=O) groups excluding carboxylic acids is 2. The van der Waals surface area contributed by atoms with Crippen LogP contribution in [-0.2, 0) is 52.0 Å². The molecule has 0 atom stereocenters. The monoisotopic (exact) mass is 734 g/mol. The summed E-state index contributed by atoms with van der Waals surface area (Å²) in [6, 6.07) is 27.6. The standard InChI is InChI=1S/C39H46N2O8S2/c1-30-8-22-36(23-9-30)50(44,45)40(34-18-12-32(13-19-34)16-26-38(42)48-3)28-6-5-7-29-41(51(46,47)37-24-10-31(2)11-25-37)35-20-14-33(15-21-35)17-27-39(43)49-4/h8-15,18-25H,5-7,16-17,26-29H2,1-4H3. The molecule has 0 aliphatic carbocycles. The Labute approximate surface area is 302 Å². The Morgan fingerprint density at radius 1 is 0.510 bits per heavy atom. The van der Waals surface area contributed by atoms with Gasteiger partial charge in [0.25, 0.3) is 20.0 Å². The van der Waals surface area contributed by atoms with E-state index in [1.807, 2.05) is 38.1 Å². The summed E-state index contributed by atoms with van der Waals surface area (Å²) in [5, 5.41) is 0. The highest BCUT2D eigenvalue weighted by molar-refractivity contribution is 7.93. The van der Waals surface area contributed by atoms with Gasteiger partial charge in [0.05, 0.1) is 35.4 Å². The van der Waals surface area contributed by atoms with Gasteiger partial charge in [-0.05, 0) is 106 Å². The van der Waals surface area contributed by atoms with Crippen LogP contribution in [0.25, 0.3) is 0 Å². The van der Waals surface area contributed by atoms with Crippen molar-refractivity contribution in [1.82, 2.24) is 0 Å². The summed E-state index contributed by atoms with van der Waals surface area (Å²) in [5.41, 5.74) is 4.63. The van der Waals surface area contributed by atoms with Gasteiger partial charge in [0.1, 0.15) is 0 Å². The van der Waals surface area contributed by atoms with Crippen LogP contribution in [0.3, 0.4) is 0 Å². The summed E-state index contributed by atoms with van der Waals surface area (Å²) < 4.78 is 68.0. The molecule has 4 aromatic rings. The lowest BCUT2D eigenvalue weighted by molar-refractivity contribution is -0.141. The number of rotatable bonds is 18. The van der Waals surface area contributed by atoms with E-state index in [-0.39, 0.29) is 47.7 Å². The lowest BCUT2D eigenvalue weighted by atomic mass is 10.1. The van der Waals surface area contributed by atoms with Crippen molar-refractivity contribution >= 4 is 43.4 Å². The molecular formula is C39H46N2O8S2. The van der Waals surface area contributed by atoms with Gasteiger partial charge in [0.2, 0.25) is 0 Å². The van der Waals surface area contributed by atoms with Crippen molar-refractivity contribution in [2.45, 2.75) is 68.6 Å². The van der Waals surface area contributed by atoms with Crippen molar-refractivity contribution in [3.8, 4) is 0 Å². The lowest BCUT2D eigenvalue weighted by Gasteiger charge is -2.26. The van der Waals surface area contributed by atoms with Crippen LogP contribution in [-0.4, -0.2) is 56.1 Å². The number of sulfonamides is 2. The predicted octanol–water partition coefficient (Wildman–Crippen LogP) is 6.78. The molecule has 0 radical (unpaired) electrons. The average molecular weight is 735 g/mol. The first-order valence-electron chi connectivity index (χ1n) is 16.9. The van der Waals surface area contributed by atoms with Gasteiger partial charge < -0.3 is 9.47 Å². The first-order chi connectivity index (χ1) is 24.3. The second-order valence-corrected chi connectivity index (χ2v) is 16.1. The number of nitrogens with zero attached hydrogens (tertiary/aromatic N) is 2. The van der Waals surface area contributed by atoms with Crippen molar-refractivity contribution in [2.75, 3.05) is 35.9 Å². The quantitative estimate of drug-likeness (QED) is 0.0810. The molecule has 272 valence electrons. The largest absolute Gasteiger partial charge is 0.469 e. The molecule has 0 N–H and O–H groups in total. The highest BCUT2D eigenvalue weighted by atomic mass is 32.2. The van der Waals surface area contributed by atoms with E-state index in [0.717, 1.165) is 22.3 Å². The van der Waals surface area contributed by atoms with E-state index in [4.69, 9.17) is 9.47 Å². The molecule has 0 aliphatic rings. The molecule has 10 nitrogen and oxygen atoms in total. The molecule has 0 saturated carbocycles. The topological polar surface area (TPSA) is 127 Å². The first-order valence-corrected chi connectivity index (χ1v) is 19.7. The van der Waals surface area contributed by atoms with E-state index in [1.165, 1.54) is 22.8 Å². The molecule has 12 heteroatoms. The van der Waals surface area contributed by atoms with Gasteiger partial charge in [0.15, 0.2) is 0 Å². The first kappa shape index (κ1) is 39.1. The zero-order valence-corrected chi connectivity index (χ0v) is 31.2. The van der Waals surface area contributed by atoms with Crippen LogP contribution in [0.4, 0.5) is 11.4 Å². The van der Waals surface area contributed by atoms with Crippen LogP contribution < -0.4 is 8.61 Å². The highest BCUT2D eigenvalue weighted by Crippen LogP contribution is 2.28. The average Bonchev–Trinajstić information content (AvgIpc) is 3.13. The summed E-state index contributed by atoms with van der Waals surface area (Å²) in [6.45, 7) is 4.14. The van der Waals surface area contributed by atoms with Crippen LogP contribution in [0.2, 0.25) is 0 Å². The van der Waals surface area contributed by atoms with Gasteiger partial charge in [-0.3, -0.25) is 18.2 Å². The maximum atomic E-state index is 13.9. The Balaban J connectivity index is 1.51. The van der Waals surface area contributed by atoms with Gasteiger partial charge in [-0.25, -0.2) is 16.8 Å². The third kappa shape index (κ3) is 10.7. The molecular weight excluding hydrogens is 689 g/mol. The van der Waals surface area contributed by atoms with Gasteiger partial charge in [0, 0.05) is 25.9 Å². The smallest absolute Gasteiger partial charge is 0.305 e. The number of hydrogen-bond acceptors (Lipinski definition) is 8. The fraction of sp³-hybridized carbons (Fsp3) is 0.333. The Bertz CT molecular complexity index is 1820. The molecule has 0 heterocycles. The SMILES string of the molecule is COC(=O)CCc1ccc(N(CCCCCN(c2ccc(CCC(=O)OC)cc2)S(=O)(=O)c2ccc(C)cc2)S(=O)(=O)c2ccc(C)cc2)cc1. The second-order valence-electron chi connectivity index (χ2n) is 12.3. The van der Waals surface area contributed by atoms with Crippen LogP contribution in [0.5, 0.6) is 0 Å². The molecule has 0 amide bonds. The number of ether oxygens (including phenoxy) is 2. The minimum atomic E-state index is -3.91. The van der Waals surface area contributed by atoms with Crippen molar-refractivity contribution in [3.05, 3.63) is 119 Å². The Hall–Kier alpha value is -4.68. The maximum Gasteiger partial charge on any atom is 0.305 e. The van der Waals surface area contributed by atoms with Crippen molar-refractivity contribution in [1.29, 1.82) is 0 Å². The number of carbonyl (C=O) groups is 2. The molecule has 0 saturated heterocycles. The number of methoxy groups -OCH3 is 2. The lowest BCUT2D eigenvalue weighted by Crippen LogP contribution is -2.33. The number of anilines is 2. The van der Waals surface area contributed by atoms with E-state index in [2.05, 4.69) is 0 Å². The van der Waals surface area contributed by atoms with E-state index in [9.17, 15) is 26.4 Å². The normalized spacial score (nSPS) is 11.5. The van der Waals surface area contributed by atoms with Crippen LogP contribution >= 0.6 is 0 Å². The maximum absolute atomic E-state index is 13.9. The van der Waals surface area contributed by atoms with Crippen LogP contribution in [0.1, 0.15) is 54.4 Å². The molecule has 0 unspecified atom stereocenters. The minimum Gasteiger partial charge on any atom is -0.469 e. The van der Waals surface area contributed by atoms with E-state index >= 15 is 0 Å². The third-order valence-electron chi connectivity index (χ3n) is 8.58. The van der Waals surface area contributed by atoms with E-state index in [1.54, 1.807) is 72.8 Å². The molecule has 0 spiro atoms. The van der Waals surface area contributed by atoms with Crippen LogP contribution in [0.15, 0.2) is 107 Å². The highest BCUT2D eigenvalue weighted by Gasteiger charge is 2.27. The fourth-order valence-corrected chi connectivity index (χ4v) is 8.50. The molecule has 0 aromatic heterocycles. The summed E-state index contributed by atoms with van der Waals surface area (Å²) in [5.74, 6) is -0.638. The molecule has 4 aromatic carbocycles. The summed E-state index contributed by atoms with van der Waals surface area (Å²) >= 11 is 0. The molecule has 51 heavy (non-hydrogen) atoms. The summed E-state index contributed by atoms with van der Waals surface area (Å²) in [6.07, 6.45) is 2.87. The number of aryl methyl sites for hydroxylation is 4. The zero-order chi connectivity index (χ0) is 37.0. The number of unbranched alkanes of at least 4 members (excludes halogenated alkanes) is 2. The molecule has 0 fully saturated rings. The Kier molecular flexibility index (Phi) is 13.8. The number of hydrogen-bond donors (Lipinski definition) is 0. The van der Waals surface area contributed by atoms with Gasteiger partial charge in [-0.1, -0.05) is 59.7 Å². The van der Waals surface area contributed by atoms with Crippen molar-refractivity contribution in [3.63, 3.8) is 0 Å². The predicted molar refractivity (Wildman–Crippen MR) is 199 cm³/mol. The van der Waals surface area contributed by atoms with Crippen LogP contribution in [0, 0.1) is 13.8 Å². The van der Waals surface area contributed by atoms with E-state index < -0.39 is 20.0 Å².